The third-order valence-electron chi connectivity index (χ3n) is 6.04. The first-order chi connectivity index (χ1) is 16.7. The smallest absolute Gasteiger partial charge is 0.344 e. The first kappa shape index (κ1) is 21.6. The maximum Gasteiger partial charge on any atom is 0.344 e. The summed E-state index contributed by atoms with van der Waals surface area (Å²) >= 11 is 0. The number of aromatic nitrogens is 2. The average molecular weight is 455 g/mol. The fraction of sp³-hybridized carbons (Fsp3) is 0.179. The van der Waals surface area contributed by atoms with Crippen molar-refractivity contribution in [1.29, 1.82) is 0 Å². The molecule has 2 heterocycles. The molecule has 0 aliphatic heterocycles. The third-order valence-corrected chi connectivity index (χ3v) is 6.04. The molecule has 2 aromatic heterocycles. The van der Waals surface area contributed by atoms with Gasteiger partial charge < -0.3 is 24.2 Å². The topological polar surface area (TPSA) is 76.3 Å². The monoisotopic (exact) mass is 454 g/mol. The molecule has 0 atom stereocenters. The Kier molecular flexibility index (Phi) is 5.95. The Hall–Kier alpha value is -4.19. The zero-order valence-corrected chi connectivity index (χ0v) is 19.1. The molecule has 0 amide bonds. The molecule has 6 heteroatoms. The highest BCUT2D eigenvalue weighted by atomic mass is 16.6. The van der Waals surface area contributed by atoms with Gasteiger partial charge in [-0.25, -0.2) is 4.79 Å². The SMILES string of the molecule is CCOC(=O)COc1ccc(C(c2c[nH]c3ccccc23)c2c[nH]c3ccccc23)cc1OC. The van der Waals surface area contributed by atoms with E-state index in [1.807, 2.05) is 30.3 Å². The Morgan fingerprint density at radius 2 is 1.47 bits per heavy atom. The number of hydrogen-bond acceptors (Lipinski definition) is 4. The molecule has 2 N–H and O–H groups in total. The van der Waals surface area contributed by atoms with Gasteiger partial charge in [-0.2, -0.15) is 0 Å². The van der Waals surface area contributed by atoms with Crippen LogP contribution in [-0.4, -0.2) is 36.3 Å². The Bertz CT molecular complexity index is 1380. The van der Waals surface area contributed by atoms with E-state index >= 15 is 0 Å². The van der Waals surface area contributed by atoms with E-state index in [1.165, 1.54) is 21.9 Å². The molecule has 0 bridgehead atoms. The number of ether oxygens (including phenoxy) is 3. The number of methoxy groups -OCH3 is 1. The van der Waals surface area contributed by atoms with Crippen LogP contribution in [0.1, 0.15) is 29.5 Å². The quantitative estimate of drug-likeness (QED) is 0.292. The third kappa shape index (κ3) is 3.99. The number of H-pyrrole nitrogens is 2. The van der Waals surface area contributed by atoms with Crippen molar-refractivity contribution in [1.82, 2.24) is 9.97 Å². The van der Waals surface area contributed by atoms with Crippen LogP contribution >= 0.6 is 0 Å². The second kappa shape index (κ2) is 9.35. The Labute approximate surface area is 197 Å². The molecule has 0 radical (unpaired) electrons. The normalized spacial score (nSPS) is 11.3. The van der Waals surface area contributed by atoms with Gasteiger partial charge >= 0.3 is 5.97 Å². The van der Waals surface area contributed by atoms with Crippen molar-refractivity contribution in [2.24, 2.45) is 0 Å². The molecule has 0 aliphatic rings. The van der Waals surface area contributed by atoms with Crippen molar-refractivity contribution in [3.05, 3.63) is 95.8 Å². The predicted octanol–water partition coefficient (Wildman–Crippen LogP) is 5.78. The molecule has 3 aromatic carbocycles. The molecular formula is C28H26N2O4. The number of fused-ring (bicyclic) bond motifs is 2. The van der Waals surface area contributed by atoms with E-state index in [-0.39, 0.29) is 12.5 Å². The van der Waals surface area contributed by atoms with Gasteiger partial charge in [-0.15, -0.1) is 0 Å². The van der Waals surface area contributed by atoms with E-state index in [1.54, 1.807) is 14.0 Å². The van der Waals surface area contributed by atoms with Crippen molar-refractivity contribution in [2.45, 2.75) is 12.8 Å². The number of para-hydroxylation sites is 2. The van der Waals surface area contributed by atoms with Crippen LogP contribution in [0.4, 0.5) is 0 Å². The fourth-order valence-corrected chi connectivity index (χ4v) is 4.51. The van der Waals surface area contributed by atoms with Gasteiger partial charge in [0.2, 0.25) is 0 Å². The van der Waals surface area contributed by atoms with E-state index in [0.29, 0.717) is 18.1 Å². The first-order valence-corrected chi connectivity index (χ1v) is 11.3. The standard InChI is InChI=1S/C28H26N2O4/c1-3-33-27(31)17-34-25-13-12-18(14-26(25)32-2)28(21-15-29-23-10-6-4-8-19(21)23)22-16-30-24-11-7-5-9-20(22)24/h4-16,28-30H,3,17H2,1-2H3. The lowest BCUT2D eigenvalue weighted by Gasteiger charge is -2.19. The lowest BCUT2D eigenvalue weighted by atomic mass is 9.84. The van der Waals surface area contributed by atoms with Crippen molar-refractivity contribution >= 4 is 27.8 Å². The maximum absolute atomic E-state index is 11.8. The van der Waals surface area contributed by atoms with Gasteiger partial charge in [-0.05, 0) is 47.9 Å². The molecule has 5 aromatic rings. The van der Waals surface area contributed by atoms with Gasteiger partial charge in [-0.1, -0.05) is 42.5 Å². The lowest BCUT2D eigenvalue weighted by Crippen LogP contribution is -2.15. The number of nitrogens with one attached hydrogen (secondary N) is 2. The molecule has 34 heavy (non-hydrogen) atoms. The predicted molar refractivity (Wildman–Crippen MR) is 133 cm³/mol. The minimum Gasteiger partial charge on any atom is -0.493 e. The Morgan fingerprint density at radius 1 is 0.853 bits per heavy atom. The summed E-state index contributed by atoms with van der Waals surface area (Å²) in [6.45, 7) is 1.91. The maximum atomic E-state index is 11.8. The molecule has 0 spiro atoms. The molecule has 6 nitrogen and oxygen atoms in total. The molecule has 0 unspecified atom stereocenters. The zero-order valence-electron chi connectivity index (χ0n) is 19.1. The van der Waals surface area contributed by atoms with Crippen LogP contribution in [0, 0.1) is 0 Å². The number of rotatable bonds is 8. The van der Waals surface area contributed by atoms with E-state index in [4.69, 9.17) is 14.2 Å². The molecule has 0 saturated carbocycles. The van der Waals surface area contributed by atoms with Crippen molar-refractivity contribution in [3.8, 4) is 11.5 Å². The first-order valence-electron chi connectivity index (χ1n) is 11.3. The highest BCUT2D eigenvalue weighted by molar-refractivity contribution is 5.89. The summed E-state index contributed by atoms with van der Waals surface area (Å²) in [6.07, 6.45) is 4.16. The number of esters is 1. The van der Waals surface area contributed by atoms with Crippen LogP contribution in [-0.2, 0) is 9.53 Å². The molecule has 172 valence electrons. The molecular weight excluding hydrogens is 428 g/mol. The van der Waals surface area contributed by atoms with Gasteiger partial charge in [0, 0.05) is 40.1 Å². The summed E-state index contributed by atoms with van der Waals surface area (Å²) in [7, 11) is 1.60. The summed E-state index contributed by atoms with van der Waals surface area (Å²) in [5.74, 6) is 0.590. The molecule has 5 rings (SSSR count). The van der Waals surface area contributed by atoms with Crippen molar-refractivity contribution in [3.63, 3.8) is 0 Å². The number of benzene rings is 3. The fourth-order valence-electron chi connectivity index (χ4n) is 4.51. The number of carbonyl (C=O) groups excluding carboxylic acids is 1. The van der Waals surface area contributed by atoms with Crippen LogP contribution < -0.4 is 9.47 Å². The summed E-state index contributed by atoms with van der Waals surface area (Å²) in [6, 6.07) is 22.5. The minimum atomic E-state index is -0.413. The summed E-state index contributed by atoms with van der Waals surface area (Å²) in [5.41, 5.74) is 5.56. The Balaban J connectivity index is 1.62. The highest BCUT2D eigenvalue weighted by Crippen LogP contribution is 2.41. The van der Waals surface area contributed by atoms with Crippen LogP contribution in [0.15, 0.2) is 79.1 Å². The highest BCUT2D eigenvalue weighted by Gasteiger charge is 2.24. The molecule has 0 aliphatic carbocycles. The van der Waals surface area contributed by atoms with E-state index < -0.39 is 5.97 Å². The molecule has 0 fully saturated rings. The van der Waals surface area contributed by atoms with Crippen molar-refractivity contribution < 1.29 is 19.0 Å². The number of aromatic amines is 2. The van der Waals surface area contributed by atoms with E-state index in [9.17, 15) is 4.79 Å². The average Bonchev–Trinajstić information content (AvgIpc) is 3.49. The zero-order chi connectivity index (χ0) is 23.5. The Morgan fingerprint density at radius 3 is 2.06 bits per heavy atom. The van der Waals surface area contributed by atoms with Gasteiger partial charge in [0.25, 0.3) is 0 Å². The van der Waals surface area contributed by atoms with Crippen LogP contribution in [0.25, 0.3) is 21.8 Å². The number of carbonyl (C=O) groups is 1. The van der Waals surface area contributed by atoms with Crippen LogP contribution in [0.3, 0.4) is 0 Å². The van der Waals surface area contributed by atoms with Gasteiger partial charge in [0.1, 0.15) is 0 Å². The molecule has 0 saturated heterocycles. The van der Waals surface area contributed by atoms with Gasteiger partial charge in [-0.3, -0.25) is 0 Å². The summed E-state index contributed by atoms with van der Waals surface area (Å²) < 4.78 is 16.3. The summed E-state index contributed by atoms with van der Waals surface area (Å²) in [5, 5.41) is 2.33. The second-order valence-corrected chi connectivity index (χ2v) is 8.02. The van der Waals surface area contributed by atoms with Gasteiger partial charge in [0.15, 0.2) is 18.1 Å². The minimum absolute atomic E-state index is 0.0553. The largest absolute Gasteiger partial charge is 0.493 e. The van der Waals surface area contributed by atoms with E-state index in [2.05, 4.69) is 58.8 Å². The lowest BCUT2D eigenvalue weighted by molar-refractivity contribution is -0.145. The van der Waals surface area contributed by atoms with Gasteiger partial charge in [0.05, 0.1) is 13.7 Å². The second-order valence-electron chi connectivity index (χ2n) is 8.02. The van der Waals surface area contributed by atoms with Crippen LogP contribution in [0.5, 0.6) is 11.5 Å². The van der Waals surface area contributed by atoms with Crippen molar-refractivity contribution in [2.75, 3.05) is 20.3 Å². The van der Waals surface area contributed by atoms with E-state index in [0.717, 1.165) is 16.6 Å². The summed E-state index contributed by atoms with van der Waals surface area (Å²) in [4.78, 5) is 18.6. The van der Waals surface area contributed by atoms with Crippen LogP contribution in [0.2, 0.25) is 0 Å². The number of hydrogen-bond donors (Lipinski definition) is 2.